The third kappa shape index (κ3) is 6.50. The van der Waals surface area contributed by atoms with Crippen LogP contribution in [0.3, 0.4) is 0 Å². The Bertz CT molecular complexity index is 1620. The Morgan fingerprint density at radius 2 is 1.81 bits per heavy atom. The van der Waals surface area contributed by atoms with Gasteiger partial charge >= 0.3 is 5.97 Å². The van der Waals surface area contributed by atoms with Gasteiger partial charge in [-0.25, -0.2) is 9.78 Å². The van der Waals surface area contributed by atoms with E-state index in [4.69, 9.17) is 16.3 Å². The Morgan fingerprint density at radius 3 is 2.48 bits per heavy atom. The van der Waals surface area contributed by atoms with Crippen LogP contribution < -0.4 is 5.32 Å². The Kier molecular flexibility index (Phi) is 9.25. The van der Waals surface area contributed by atoms with Gasteiger partial charge in [0.15, 0.2) is 5.15 Å². The first-order valence-corrected chi connectivity index (χ1v) is 14.1. The number of hydrogen-bond acceptors (Lipinski definition) is 8. The molecular weight excluding hydrogens is 554 g/mol. The predicted octanol–water partition coefficient (Wildman–Crippen LogP) is 5.48. The van der Waals surface area contributed by atoms with Crippen LogP contribution in [0, 0.1) is 0 Å². The standard InChI is InChI=1S/C31H32ClN7O3/c1-3-4-9-27-34-29(32)26(19-42-31(41)28(33-2)22-14-16-23(40)17-15-22)39(27)18-20-10-12-21(13-11-20)24-7-5-6-8-25(24)30-35-37-38-36-30/h5-8,10-17,28,33,40H,3-4,9,18-19H2,1-2H3,(H,35,36,37,38)/t28-/m1/s1. The number of rotatable bonds is 12. The number of nitrogens with zero attached hydrogens (tertiary/aromatic N) is 5. The van der Waals surface area contributed by atoms with Gasteiger partial charge < -0.3 is 19.7 Å². The minimum atomic E-state index is -0.692. The van der Waals surface area contributed by atoms with E-state index in [1.807, 2.05) is 28.8 Å². The zero-order chi connectivity index (χ0) is 29.5. The van der Waals surface area contributed by atoms with Crippen LogP contribution in [0.1, 0.15) is 48.5 Å². The number of halogens is 1. The molecule has 3 N–H and O–H groups in total. The van der Waals surface area contributed by atoms with Gasteiger partial charge in [0.05, 0.1) is 5.69 Å². The molecule has 0 aliphatic heterocycles. The fourth-order valence-electron chi connectivity index (χ4n) is 4.84. The number of likely N-dealkylation sites (N-methyl/N-ethyl adjacent to an activating group) is 1. The lowest BCUT2D eigenvalue weighted by atomic mass is 9.98. The van der Waals surface area contributed by atoms with Crippen molar-refractivity contribution in [2.45, 2.75) is 45.4 Å². The van der Waals surface area contributed by atoms with Crippen LogP contribution in [0.15, 0.2) is 72.8 Å². The van der Waals surface area contributed by atoms with Crippen molar-refractivity contribution in [3.8, 4) is 28.3 Å². The molecule has 42 heavy (non-hydrogen) atoms. The van der Waals surface area contributed by atoms with E-state index in [0.717, 1.165) is 47.3 Å². The van der Waals surface area contributed by atoms with Gasteiger partial charge in [0.1, 0.15) is 24.2 Å². The number of aromatic nitrogens is 6. The molecule has 1 atom stereocenters. The minimum absolute atomic E-state index is 0.0246. The molecule has 2 aromatic heterocycles. The summed E-state index contributed by atoms with van der Waals surface area (Å²) in [7, 11) is 1.68. The van der Waals surface area contributed by atoms with E-state index >= 15 is 0 Å². The lowest BCUT2D eigenvalue weighted by molar-refractivity contribution is -0.147. The topological polar surface area (TPSA) is 131 Å². The quantitative estimate of drug-likeness (QED) is 0.164. The fraction of sp³-hybridized carbons (Fsp3) is 0.258. The van der Waals surface area contributed by atoms with Gasteiger partial charge in [0.25, 0.3) is 0 Å². The molecular formula is C31H32ClN7O3. The van der Waals surface area contributed by atoms with Crippen LogP contribution in [0.5, 0.6) is 5.75 Å². The largest absolute Gasteiger partial charge is 0.508 e. The molecule has 0 aliphatic rings. The van der Waals surface area contributed by atoms with Crippen molar-refractivity contribution < 1.29 is 14.6 Å². The van der Waals surface area contributed by atoms with Crippen molar-refractivity contribution in [1.82, 2.24) is 35.5 Å². The number of esters is 1. The SMILES string of the molecule is CCCCc1nc(Cl)c(COC(=O)[C@H](NC)c2ccc(O)cc2)n1Cc1ccc(-c2ccccc2-c2nn[nH]n2)cc1. The lowest BCUT2D eigenvalue weighted by Gasteiger charge is -2.17. The van der Waals surface area contributed by atoms with E-state index in [2.05, 4.69) is 62.1 Å². The summed E-state index contributed by atoms with van der Waals surface area (Å²) in [5.41, 5.74) is 5.29. The number of imidazole rings is 1. The van der Waals surface area contributed by atoms with Crippen molar-refractivity contribution >= 4 is 17.6 Å². The summed E-state index contributed by atoms with van der Waals surface area (Å²) in [6, 6.07) is 21.9. The molecule has 0 radical (unpaired) electrons. The van der Waals surface area contributed by atoms with Gasteiger partial charge in [0.2, 0.25) is 5.82 Å². The third-order valence-corrected chi connectivity index (χ3v) is 7.38. The number of unbranched alkanes of at least 4 members (excludes halogenated alkanes) is 1. The molecule has 216 valence electrons. The Morgan fingerprint density at radius 1 is 1.07 bits per heavy atom. The molecule has 0 bridgehead atoms. The molecule has 0 amide bonds. The second-order valence-electron chi connectivity index (χ2n) is 9.85. The average molecular weight is 586 g/mol. The number of carbonyl (C=O) groups is 1. The molecule has 0 aliphatic carbocycles. The first-order chi connectivity index (χ1) is 20.5. The molecule has 0 saturated heterocycles. The number of ether oxygens (including phenoxy) is 1. The first kappa shape index (κ1) is 29.0. The van der Waals surface area contributed by atoms with Gasteiger partial charge in [-0.2, -0.15) is 5.21 Å². The van der Waals surface area contributed by atoms with Crippen LogP contribution in [0.2, 0.25) is 5.15 Å². The van der Waals surface area contributed by atoms with Crippen molar-refractivity contribution in [2.24, 2.45) is 0 Å². The highest BCUT2D eigenvalue weighted by Crippen LogP contribution is 2.30. The highest BCUT2D eigenvalue weighted by molar-refractivity contribution is 6.30. The molecule has 0 spiro atoms. The summed E-state index contributed by atoms with van der Waals surface area (Å²) in [4.78, 5) is 17.7. The number of aryl methyl sites for hydroxylation is 1. The van der Waals surface area contributed by atoms with E-state index in [0.29, 0.717) is 28.8 Å². The van der Waals surface area contributed by atoms with Gasteiger partial charge in [-0.3, -0.25) is 0 Å². The van der Waals surface area contributed by atoms with Crippen LogP contribution in [-0.2, 0) is 29.1 Å². The Hall–Kier alpha value is -4.54. The van der Waals surface area contributed by atoms with Gasteiger partial charge in [-0.1, -0.05) is 85.6 Å². The van der Waals surface area contributed by atoms with Gasteiger partial charge in [-0.15, -0.1) is 10.2 Å². The summed E-state index contributed by atoms with van der Waals surface area (Å²) < 4.78 is 7.78. The number of tetrazole rings is 1. The number of benzene rings is 3. The fourth-order valence-corrected chi connectivity index (χ4v) is 5.10. The normalized spacial score (nSPS) is 11.9. The minimum Gasteiger partial charge on any atom is -0.508 e. The monoisotopic (exact) mass is 585 g/mol. The van der Waals surface area contributed by atoms with Crippen molar-refractivity contribution in [3.05, 3.63) is 101 Å². The predicted molar refractivity (Wildman–Crippen MR) is 160 cm³/mol. The van der Waals surface area contributed by atoms with Crippen molar-refractivity contribution in [3.63, 3.8) is 0 Å². The second-order valence-corrected chi connectivity index (χ2v) is 10.2. The summed E-state index contributed by atoms with van der Waals surface area (Å²) in [6.45, 7) is 2.62. The van der Waals surface area contributed by atoms with Gasteiger partial charge in [0, 0.05) is 18.5 Å². The smallest absolute Gasteiger partial charge is 0.328 e. The van der Waals surface area contributed by atoms with E-state index < -0.39 is 12.0 Å². The number of phenols is 1. The summed E-state index contributed by atoms with van der Waals surface area (Å²) in [5, 5.41) is 27.4. The van der Waals surface area contributed by atoms with Gasteiger partial charge in [-0.05, 0) is 53.1 Å². The van der Waals surface area contributed by atoms with E-state index in [1.54, 1.807) is 19.2 Å². The van der Waals surface area contributed by atoms with Crippen LogP contribution in [0.25, 0.3) is 22.5 Å². The highest BCUT2D eigenvalue weighted by atomic mass is 35.5. The van der Waals surface area contributed by atoms with Crippen molar-refractivity contribution in [1.29, 1.82) is 0 Å². The maximum atomic E-state index is 13.0. The maximum Gasteiger partial charge on any atom is 0.328 e. The first-order valence-electron chi connectivity index (χ1n) is 13.8. The number of carbonyl (C=O) groups excluding carboxylic acids is 1. The Balaban J connectivity index is 1.37. The number of phenolic OH excluding ortho intramolecular Hbond substituents is 1. The number of hydrogen-bond donors (Lipinski definition) is 3. The highest BCUT2D eigenvalue weighted by Gasteiger charge is 2.23. The third-order valence-electron chi connectivity index (χ3n) is 7.08. The molecule has 10 nitrogen and oxygen atoms in total. The van der Waals surface area contributed by atoms with Crippen LogP contribution >= 0.6 is 11.6 Å². The number of nitrogens with one attached hydrogen (secondary N) is 2. The second kappa shape index (κ2) is 13.4. The van der Waals surface area contributed by atoms with Crippen LogP contribution in [0.4, 0.5) is 0 Å². The van der Waals surface area contributed by atoms with E-state index in [9.17, 15) is 9.90 Å². The summed E-state index contributed by atoms with van der Waals surface area (Å²) in [5.74, 6) is 1.06. The molecule has 11 heteroatoms. The molecule has 0 saturated carbocycles. The van der Waals surface area contributed by atoms with Crippen molar-refractivity contribution in [2.75, 3.05) is 7.05 Å². The van der Waals surface area contributed by atoms with E-state index in [1.165, 1.54) is 12.1 Å². The molecule has 5 aromatic rings. The number of aromatic hydroxyl groups is 1. The maximum absolute atomic E-state index is 13.0. The zero-order valence-corrected chi connectivity index (χ0v) is 24.2. The van der Waals surface area contributed by atoms with Crippen LogP contribution in [-0.4, -0.2) is 48.3 Å². The van der Waals surface area contributed by atoms with E-state index in [-0.39, 0.29) is 12.4 Å². The molecule has 0 fully saturated rings. The average Bonchev–Trinajstić information content (AvgIpc) is 3.65. The Labute approximate surface area is 248 Å². The molecule has 3 aromatic carbocycles. The molecule has 5 rings (SSSR count). The summed E-state index contributed by atoms with van der Waals surface area (Å²) in [6.07, 6.45) is 2.73. The zero-order valence-electron chi connectivity index (χ0n) is 23.4. The molecule has 0 unspecified atom stereocenters. The number of H-pyrrole nitrogens is 1. The molecule has 2 heterocycles. The number of aromatic amines is 1. The lowest BCUT2D eigenvalue weighted by Crippen LogP contribution is -2.27. The summed E-state index contributed by atoms with van der Waals surface area (Å²) >= 11 is 6.61.